The molecule has 0 aliphatic carbocycles. The third kappa shape index (κ3) is 5.43. The SMILES string of the molecule is CCN(CC)CCN(C(=O)c1ccc(S(=O)(=O)N2CCCC2)cc1)c1nc2c(C)cc(C)cc2s1. The van der Waals surface area contributed by atoms with Gasteiger partial charge in [-0.3, -0.25) is 9.69 Å². The van der Waals surface area contributed by atoms with E-state index >= 15 is 0 Å². The molecule has 188 valence electrons. The molecule has 35 heavy (non-hydrogen) atoms. The van der Waals surface area contributed by atoms with Gasteiger partial charge in [0, 0.05) is 31.7 Å². The highest BCUT2D eigenvalue weighted by Crippen LogP contribution is 2.32. The van der Waals surface area contributed by atoms with Crippen molar-refractivity contribution in [1.29, 1.82) is 0 Å². The fourth-order valence-corrected chi connectivity index (χ4v) is 7.23. The minimum atomic E-state index is -3.52. The summed E-state index contributed by atoms with van der Waals surface area (Å²) in [6.45, 7) is 12.5. The summed E-state index contributed by atoms with van der Waals surface area (Å²) in [5.74, 6) is -0.171. The van der Waals surface area contributed by atoms with E-state index in [9.17, 15) is 13.2 Å². The molecule has 7 nitrogen and oxygen atoms in total. The Balaban J connectivity index is 1.65. The van der Waals surface area contributed by atoms with Crippen LogP contribution in [0.5, 0.6) is 0 Å². The second-order valence-electron chi connectivity index (χ2n) is 9.04. The summed E-state index contributed by atoms with van der Waals surface area (Å²) >= 11 is 1.52. The van der Waals surface area contributed by atoms with Crippen molar-refractivity contribution in [1.82, 2.24) is 14.2 Å². The highest BCUT2D eigenvalue weighted by Gasteiger charge is 2.28. The Hall–Kier alpha value is -2.33. The van der Waals surface area contributed by atoms with Gasteiger partial charge in [-0.15, -0.1) is 0 Å². The zero-order valence-corrected chi connectivity index (χ0v) is 22.6. The minimum absolute atomic E-state index is 0.171. The third-order valence-electron chi connectivity index (χ3n) is 6.63. The molecular weight excluding hydrogens is 480 g/mol. The summed E-state index contributed by atoms with van der Waals surface area (Å²) in [6.07, 6.45) is 1.77. The average Bonchev–Trinajstić information content (AvgIpc) is 3.53. The van der Waals surface area contributed by atoms with Crippen molar-refractivity contribution in [3.63, 3.8) is 0 Å². The Morgan fingerprint density at radius 1 is 1.03 bits per heavy atom. The molecular formula is C26H34N4O3S2. The molecule has 9 heteroatoms. The topological polar surface area (TPSA) is 73.8 Å². The van der Waals surface area contributed by atoms with Crippen LogP contribution in [0.1, 0.15) is 48.2 Å². The van der Waals surface area contributed by atoms with Gasteiger partial charge < -0.3 is 4.90 Å². The lowest BCUT2D eigenvalue weighted by Crippen LogP contribution is -2.38. The Labute approximate surface area is 212 Å². The van der Waals surface area contributed by atoms with Crippen LogP contribution in [-0.2, 0) is 10.0 Å². The van der Waals surface area contributed by atoms with Gasteiger partial charge >= 0.3 is 0 Å². The highest BCUT2D eigenvalue weighted by molar-refractivity contribution is 7.89. The number of aromatic nitrogens is 1. The molecule has 1 amide bonds. The van der Waals surface area contributed by atoms with Crippen LogP contribution in [-0.4, -0.2) is 67.8 Å². The van der Waals surface area contributed by atoms with Gasteiger partial charge in [0.25, 0.3) is 5.91 Å². The van der Waals surface area contributed by atoms with Gasteiger partial charge in [-0.2, -0.15) is 4.31 Å². The van der Waals surface area contributed by atoms with E-state index in [1.54, 1.807) is 29.2 Å². The van der Waals surface area contributed by atoms with Crippen molar-refractivity contribution >= 4 is 42.6 Å². The van der Waals surface area contributed by atoms with E-state index in [1.165, 1.54) is 21.2 Å². The highest BCUT2D eigenvalue weighted by atomic mass is 32.2. The molecule has 0 atom stereocenters. The van der Waals surface area contributed by atoms with Gasteiger partial charge in [0.1, 0.15) is 0 Å². The number of likely N-dealkylation sites (N-methyl/N-ethyl adjacent to an activating group) is 1. The Bertz CT molecular complexity index is 1290. The Kier molecular flexibility index (Phi) is 7.90. The molecule has 1 aromatic heterocycles. The molecule has 0 spiro atoms. The molecule has 0 radical (unpaired) electrons. The molecule has 2 heterocycles. The van der Waals surface area contributed by atoms with E-state index < -0.39 is 10.0 Å². The first-order valence-corrected chi connectivity index (χ1v) is 14.5. The van der Waals surface area contributed by atoms with Crippen LogP contribution < -0.4 is 4.90 Å². The van der Waals surface area contributed by atoms with Crippen molar-refractivity contribution in [2.24, 2.45) is 0 Å². The summed E-state index contributed by atoms with van der Waals surface area (Å²) in [5, 5.41) is 0.666. The van der Waals surface area contributed by atoms with Crippen LogP contribution in [0.4, 0.5) is 5.13 Å². The second-order valence-corrected chi connectivity index (χ2v) is 12.0. The number of benzene rings is 2. The van der Waals surface area contributed by atoms with Gasteiger partial charge in [-0.1, -0.05) is 31.3 Å². The van der Waals surface area contributed by atoms with Gasteiger partial charge in [-0.25, -0.2) is 13.4 Å². The molecule has 1 aliphatic rings. The van der Waals surface area contributed by atoms with Crippen molar-refractivity contribution in [2.75, 3.05) is 44.2 Å². The van der Waals surface area contributed by atoms with E-state index in [2.05, 4.69) is 37.8 Å². The lowest BCUT2D eigenvalue weighted by molar-refractivity contribution is 0.0983. The number of anilines is 1. The Morgan fingerprint density at radius 3 is 2.31 bits per heavy atom. The first-order chi connectivity index (χ1) is 16.7. The summed E-state index contributed by atoms with van der Waals surface area (Å²) in [5.41, 5.74) is 3.64. The number of aryl methyl sites for hydroxylation is 2. The number of carbonyl (C=O) groups is 1. The van der Waals surface area contributed by atoms with Gasteiger partial charge in [0.05, 0.1) is 15.1 Å². The average molecular weight is 515 g/mol. The van der Waals surface area contributed by atoms with Crippen LogP contribution >= 0.6 is 11.3 Å². The molecule has 0 bridgehead atoms. The molecule has 0 unspecified atom stereocenters. The monoisotopic (exact) mass is 514 g/mol. The van der Waals surface area contributed by atoms with Gasteiger partial charge in [0.15, 0.2) is 5.13 Å². The zero-order valence-electron chi connectivity index (χ0n) is 21.0. The fraction of sp³-hybridized carbons (Fsp3) is 0.462. The van der Waals surface area contributed by atoms with E-state index in [1.807, 2.05) is 6.92 Å². The van der Waals surface area contributed by atoms with Gasteiger partial charge in [-0.05, 0) is 81.2 Å². The van der Waals surface area contributed by atoms with Crippen molar-refractivity contribution in [3.8, 4) is 0 Å². The molecule has 0 saturated carbocycles. The smallest absolute Gasteiger partial charge is 0.260 e. The van der Waals surface area contributed by atoms with Crippen LogP contribution in [0.15, 0.2) is 41.3 Å². The third-order valence-corrected chi connectivity index (χ3v) is 9.57. The number of hydrogen-bond donors (Lipinski definition) is 0. The first kappa shape index (κ1) is 25.8. The number of nitrogens with zero attached hydrogens (tertiary/aromatic N) is 4. The fourth-order valence-electron chi connectivity index (χ4n) is 4.54. The maximum Gasteiger partial charge on any atom is 0.260 e. The normalized spacial score (nSPS) is 14.8. The van der Waals surface area contributed by atoms with Crippen LogP contribution in [0.3, 0.4) is 0 Å². The van der Waals surface area contributed by atoms with E-state index in [4.69, 9.17) is 4.98 Å². The number of rotatable bonds is 9. The molecule has 1 saturated heterocycles. The molecule has 3 aromatic rings. The zero-order chi connectivity index (χ0) is 25.2. The molecule has 4 rings (SSSR count). The number of hydrogen-bond acceptors (Lipinski definition) is 6. The van der Waals surface area contributed by atoms with Crippen LogP contribution in [0.2, 0.25) is 0 Å². The van der Waals surface area contributed by atoms with Crippen LogP contribution in [0.25, 0.3) is 10.2 Å². The van der Waals surface area contributed by atoms with Crippen molar-refractivity contribution < 1.29 is 13.2 Å². The van der Waals surface area contributed by atoms with Crippen molar-refractivity contribution in [2.45, 2.75) is 45.4 Å². The number of fused-ring (bicyclic) bond motifs is 1. The predicted octanol–water partition coefficient (Wildman–Crippen LogP) is 4.69. The minimum Gasteiger partial charge on any atom is -0.302 e. The first-order valence-electron chi connectivity index (χ1n) is 12.3. The standard InChI is InChI=1S/C26H34N4O3S2/c1-5-28(6-2)15-16-30(26-27-24-20(4)17-19(3)18-23(24)34-26)25(31)21-9-11-22(12-10-21)35(32,33)29-13-7-8-14-29/h9-12,17-18H,5-8,13-16H2,1-4H3. The van der Waals surface area contributed by atoms with E-state index in [0.717, 1.165) is 48.3 Å². The summed E-state index contributed by atoms with van der Waals surface area (Å²) < 4.78 is 28.4. The van der Waals surface area contributed by atoms with Crippen LogP contribution in [0, 0.1) is 13.8 Å². The second kappa shape index (κ2) is 10.7. The lowest BCUT2D eigenvalue weighted by atomic mass is 10.1. The predicted molar refractivity (Wildman–Crippen MR) is 143 cm³/mol. The quantitative estimate of drug-likeness (QED) is 0.414. The summed E-state index contributed by atoms with van der Waals surface area (Å²) in [6, 6.07) is 10.6. The molecule has 2 aromatic carbocycles. The Morgan fingerprint density at radius 2 is 1.69 bits per heavy atom. The lowest BCUT2D eigenvalue weighted by Gasteiger charge is -2.25. The van der Waals surface area contributed by atoms with E-state index in [0.29, 0.717) is 30.3 Å². The molecule has 1 aliphatic heterocycles. The summed E-state index contributed by atoms with van der Waals surface area (Å²) in [7, 11) is -3.52. The van der Waals surface area contributed by atoms with E-state index in [-0.39, 0.29) is 10.8 Å². The van der Waals surface area contributed by atoms with Crippen molar-refractivity contribution in [3.05, 3.63) is 53.1 Å². The maximum absolute atomic E-state index is 13.7. The maximum atomic E-state index is 13.7. The molecule has 1 fully saturated rings. The number of thiazole rings is 1. The number of carbonyl (C=O) groups excluding carboxylic acids is 1. The largest absolute Gasteiger partial charge is 0.302 e. The van der Waals surface area contributed by atoms with Gasteiger partial charge in [0.2, 0.25) is 10.0 Å². The number of amides is 1. The summed E-state index contributed by atoms with van der Waals surface area (Å²) in [4.78, 5) is 22.8. The molecule has 0 N–H and O–H groups in total. The number of sulfonamides is 1.